The molecule has 1 aromatic heterocycles. The van der Waals surface area contributed by atoms with Gasteiger partial charge < -0.3 is 5.32 Å². The first-order chi connectivity index (χ1) is 8.20. The molecule has 5 heteroatoms. The summed E-state index contributed by atoms with van der Waals surface area (Å²) in [6, 6.07) is 9.72. The van der Waals surface area contributed by atoms with Crippen LogP contribution in [-0.4, -0.2) is 9.97 Å². The summed E-state index contributed by atoms with van der Waals surface area (Å²) in [5, 5.41) is 12.1. The van der Waals surface area contributed by atoms with Gasteiger partial charge in [-0.2, -0.15) is 5.26 Å². The largest absolute Gasteiger partial charge is 0.338 e. The van der Waals surface area contributed by atoms with Crippen molar-refractivity contribution < 1.29 is 0 Å². The van der Waals surface area contributed by atoms with E-state index in [2.05, 4.69) is 37.3 Å². The summed E-state index contributed by atoms with van der Waals surface area (Å²) in [6.07, 6.45) is 1.52. The monoisotopic (exact) mass is 288 g/mol. The van der Waals surface area contributed by atoms with Gasteiger partial charge in [0.2, 0.25) is 0 Å². The fraction of sp³-hybridized carbons (Fsp3) is 0.0833. The molecule has 0 saturated carbocycles. The highest BCUT2D eigenvalue weighted by Gasteiger charge is 2.06. The van der Waals surface area contributed by atoms with Crippen LogP contribution in [0.1, 0.15) is 11.4 Å². The Balaban J connectivity index is 2.40. The molecule has 0 bridgehead atoms. The SMILES string of the molecule is Cc1ncc(C#N)c(Nc2ccccc2Br)n1. The fourth-order valence-electron chi connectivity index (χ4n) is 1.34. The van der Waals surface area contributed by atoms with Crippen LogP contribution in [0.2, 0.25) is 0 Å². The standard InChI is InChI=1S/C12H9BrN4/c1-8-15-7-9(6-14)12(16-8)17-11-5-3-2-4-10(11)13/h2-5,7H,1H3,(H,15,16,17). The average Bonchev–Trinajstić information content (AvgIpc) is 2.32. The lowest BCUT2D eigenvalue weighted by Crippen LogP contribution is -2.00. The van der Waals surface area contributed by atoms with E-state index in [4.69, 9.17) is 5.26 Å². The lowest BCUT2D eigenvalue weighted by molar-refractivity contribution is 1.05. The molecule has 0 atom stereocenters. The summed E-state index contributed by atoms with van der Waals surface area (Å²) < 4.78 is 0.917. The van der Waals surface area contributed by atoms with Gasteiger partial charge in [0.25, 0.3) is 0 Å². The molecular weight excluding hydrogens is 280 g/mol. The summed E-state index contributed by atoms with van der Waals surface area (Å²) in [5.74, 6) is 1.14. The molecule has 2 aromatic rings. The van der Waals surface area contributed by atoms with Gasteiger partial charge in [-0.25, -0.2) is 9.97 Å². The minimum absolute atomic E-state index is 0.423. The molecule has 1 aromatic carbocycles. The van der Waals surface area contributed by atoms with Crippen molar-refractivity contribution in [3.8, 4) is 6.07 Å². The summed E-state index contributed by atoms with van der Waals surface area (Å²) in [4.78, 5) is 8.20. The van der Waals surface area contributed by atoms with Crippen molar-refractivity contribution in [1.82, 2.24) is 9.97 Å². The first-order valence-corrected chi connectivity index (χ1v) is 5.75. The summed E-state index contributed by atoms with van der Waals surface area (Å²) >= 11 is 3.43. The molecule has 17 heavy (non-hydrogen) atoms. The van der Waals surface area contributed by atoms with Gasteiger partial charge in [-0.05, 0) is 35.0 Å². The lowest BCUT2D eigenvalue weighted by atomic mass is 10.3. The molecule has 0 fully saturated rings. The van der Waals surface area contributed by atoms with Gasteiger partial charge >= 0.3 is 0 Å². The molecule has 0 aliphatic rings. The van der Waals surface area contributed by atoms with Crippen LogP contribution in [0, 0.1) is 18.3 Å². The minimum atomic E-state index is 0.423. The molecule has 0 spiro atoms. The van der Waals surface area contributed by atoms with E-state index in [0.29, 0.717) is 17.2 Å². The molecule has 0 amide bonds. The van der Waals surface area contributed by atoms with Crippen molar-refractivity contribution in [3.05, 3.63) is 46.3 Å². The Labute approximate surface area is 107 Å². The zero-order chi connectivity index (χ0) is 12.3. The number of hydrogen-bond donors (Lipinski definition) is 1. The van der Waals surface area contributed by atoms with E-state index in [1.807, 2.05) is 24.3 Å². The van der Waals surface area contributed by atoms with Crippen LogP contribution < -0.4 is 5.32 Å². The van der Waals surface area contributed by atoms with Crippen molar-refractivity contribution in [2.24, 2.45) is 0 Å². The van der Waals surface area contributed by atoms with Crippen LogP contribution in [-0.2, 0) is 0 Å². The van der Waals surface area contributed by atoms with E-state index >= 15 is 0 Å². The Morgan fingerprint density at radius 1 is 1.35 bits per heavy atom. The lowest BCUT2D eigenvalue weighted by Gasteiger charge is -2.08. The van der Waals surface area contributed by atoms with E-state index < -0.39 is 0 Å². The Hall–Kier alpha value is -1.93. The summed E-state index contributed by atoms with van der Waals surface area (Å²) in [5.41, 5.74) is 1.29. The van der Waals surface area contributed by atoms with Crippen LogP contribution in [0.3, 0.4) is 0 Å². The molecule has 84 valence electrons. The molecule has 1 heterocycles. The maximum atomic E-state index is 8.97. The zero-order valence-corrected chi connectivity index (χ0v) is 10.7. The zero-order valence-electron chi connectivity index (χ0n) is 9.11. The summed E-state index contributed by atoms with van der Waals surface area (Å²) in [7, 11) is 0. The minimum Gasteiger partial charge on any atom is -0.338 e. The molecule has 1 N–H and O–H groups in total. The number of aromatic nitrogens is 2. The second-order valence-electron chi connectivity index (χ2n) is 3.40. The number of para-hydroxylation sites is 1. The van der Waals surface area contributed by atoms with E-state index in [1.54, 1.807) is 6.92 Å². The van der Waals surface area contributed by atoms with E-state index in [0.717, 1.165) is 10.2 Å². The van der Waals surface area contributed by atoms with Crippen molar-refractivity contribution in [2.75, 3.05) is 5.32 Å². The van der Waals surface area contributed by atoms with E-state index in [-0.39, 0.29) is 0 Å². The number of rotatable bonds is 2. The number of benzene rings is 1. The molecule has 0 radical (unpaired) electrons. The fourth-order valence-corrected chi connectivity index (χ4v) is 1.72. The topological polar surface area (TPSA) is 61.6 Å². The second-order valence-corrected chi connectivity index (χ2v) is 4.25. The van der Waals surface area contributed by atoms with Crippen LogP contribution in [0.5, 0.6) is 0 Å². The number of anilines is 2. The molecule has 0 aliphatic heterocycles. The van der Waals surface area contributed by atoms with E-state index in [1.165, 1.54) is 6.20 Å². The predicted molar refractivity (Wildman–Crippen MR) is 68.9 cm³/mol. The molecule has 4 nitrogen and oxygen atoms in total. The first-order valence-electron chi connectivity index (χ1n) is 4.96. The quantitative estimate of drug-likeness (QED) is 0.922. The van der Waals surface area contributed by atoms with Crippen molar-refractivity contribution in [3.63, 3.8) is 0 Å². The average molecular weight is 289 g/mol. The summed E-state index contributed by atoms with van der Waals surface area (Å²) in [6.45, 7) is 1.78. The van der Waals surface area contributed by atoms with Crippen LogP contribution in [0.15, 0.2) is 34.9 Å². The first kappa shape index (κ1) is 11.6. The third-order valence-corrected chi connectivity index (χ3v) is 2.85. The highest BCUT2D eigenvalue weighted by molar-refractivity contribution is 9.10. The van der Waals surface area contributed by atoms with Crippen molar-refractivity contribution >= 4 is 27.4 Å². The Morgan fingerprint density at radius 3 is 2.82 bits per heavy atom. The molecule has 0 unspecified atom stereocenters. The number of aryl methyl sites for hydroxylation is 1. The van der Waals surface area contributed by atoms with Crippen molar-refractivity contribution in [2.45, 2.75) is 6.92 Å². The number of nitrogens with zero attached hydrogens (tertiary/aromatic N) is 3. The van der Waals surface area contributed by atoms with Crippen LogP contribution in [0.25, 0.3) is 0 Å². The Morgan fingerprint density at radius 2 is 2.12 bits per heavy atom. The second kappa shape index (κ2) is 4.93. The van der Waals surface area contributed by atoms with Gasteiger partial charge in [0.1, 0.15) is 17.5 Å². The molecule has 0 aliphatic carbocycles. The van der Waals surface area contributed by atoms with Gasteiger partial charge in [0.05, 0.1) is 11.9 Å². The maximum absolute atomic E-state index is 8.97. The molecule has 0 saturated heterocycles. The Bertz CT molecular complexity index is 589. The van der Waals surface area contributed by atoms with Gasteiger partial charge in [-0.15, -0.1) is 0 Å². The van der Waals surface area contributed by atoms with Crippen LogP contribution in [0.4, 0.5) is 11.5 Å². The third-order valence-electron chi connectivity index (χ3n) is 2.16. The number of hydrogen-bond acceptors (Lipinski definition) is 4. The highest BCUT2D eigenvalue weighted by atomic mass is 79.9. The third kappa shape index (κ3) is 2.60. The highest BCUT2D eigenvalue weighted by Crippen LogP contribution is 2.25. The van der Waals surface area contributed by atoms with Gasteiger partial charge in [0.15, 0.2) is 5.82 Å². The smallest absolute Gasteiger partial charge is 0.152 e. The number of halogens is 1. The molecule has 2 rings (SSSR count). The van der Waals surface area contributed by atoms with Crippen LogP contribution >= 0.6 is 15.9 Å². The predicted octanol–water partition coefficient (Wildman–Crippen LogP) is 3.16. The van der Waals surface area contributed by atoms with Gasteiger partial charge in [-0.1, -0.05) is 12.1 Å². The van der Waals surface area contributed by atoms with Crippen molar-refractivity contribution in [1.29, 1.82) is 5.26 Å². The Kier molecular flexibility index (Phi) is 3.35. The number of nitrogens with one attached hydrogen (secondary N) is 1. The van der Waals surface area contributed by atoms with Gasteiger partial charge in [0, 0.05) is 4.47 Å². The maximum Gasteiger partial charge on any atom is 0.152 e. The number of nitriles is 1. The van der Waals surface area contributed by atoms with Gasteiger partial charge in [-0.3, -0.25) is 0 Å². The normalized spacial score (nSPS) is 9.71. The molecular formula is C12H9BrN4. The van der Waals surface area contributed by atoms with E-state index in [9.17, 15) is 0 Å².